The van der Waals surface area contributed by atoms with Crippen LogP contribution in [0, 0.1) is 11.3 Å². The molecule has 0 N–H and O–H groups in total. The molecule has 0 bridgehead atoms. The van der Waals surface area contributed by atoms with Gasteiger partial charge in [-0.25, -0.2) is 0 Å². The van der Waals surface area contributed by atoms with Gasteiger partial charge in [-0.05, 0) is 49.7 Å². The quantitative estimate of drug-likeness (QED) is 0.737. The van der Waals surface area contributed by atoms with Crippen molar-refractivity contribution < 1.29 is 4.43 Å². The third-order valence-electron chi connectivity index (χ3n) is 4.03. The SMILES string of the molecule is CC(C)(C#N)c1ccc(O[Si](C)(C)C(C)(C)C)cc1. The summed E-state index contributed by atoms with van der Waals surface area (Å²) in [4.78, 5) is 0. The predicted molar refractivity (Wildman–Crippen MR) is 82.9 cm³/mol. The van der Waals surface area contributed by atoms with Gasteiger partial charge < -0.3 is 4.43 Å². The maximum absolute atomic E-state index is 9.14. The minimum atomic E-state index is -1.78. The Hall–Kier alpha value is -1.27. The molecule has 19 heavy (non-hydrogen) atoms. The molecule has 0 spiro atoms. The van der Waals surface area contributed by atoms with Crippen molar-refractivity contribution in [3.8, 4) is 11.8 Å². The Kier molecular flexibility index (Phi) is 4.16. The van der Waals surface area contributed by atoms with Gasteiger partial charge in [0.05, 0.1) is 11.5 Å². The van der Waals surface area contributed by atoms with Crippen molar-refractivity contribution >= 4 is 8.32 Å². The highest BCUT2D eigenvalue weighted by molar-refractivity contribution is 6.74. The van der Waals surface area contributed by atoms with Gasteiger partial charge in [-0.3, -0.25) is 0 Å². The number of nitrogens with zero attached hydrogens (tertiary/aromatic N) is 1. The Morgan fingerprint density at radius 1 is 1.00 bits per heavy atom. The third-order valence-corrected chi connectivity index (χ3v) is 8.39. The second kappa shape index (κ2) is 5.01. The molecule has 0 aliphatic heterocycles. The van der Waals surface area contributed by atoms with Crippen LogP contribution >= 0.6 is 0 Å². The molecule has 0 saturated carbocycles. The predicted octanol–water partition coefficient (Wildman–Crippen LogP) is 4.87. The Morgan fingerprint density at radius 3 is 1.84 bits per heavy atom. The lowest BCUT2D eigenvalue weighted by molar-refractivity contribution is 0.491. The van der Waals surface area contributed by atoms with E-state index in [1.165, 1.54) is 0 Å². The van der Waals surface area contributed by atoms with Crippen LogP contribution in [0.4, 0.5) is 0 Å². The summed E-state index contributed by atoms with van der Waals surface area (Å²) in [5.41, 5.74) is 0.577. The molecule has 0 atom stereocenters. The topological polar surface area (TPSA) is 33.0 Å². The van der Waals surface area contributed by atoms with E-state index in [9.17, 15) is 0 Å². The first-order chi connectivity index (χ1) is 8.49. The van der Waals surface area contributed by atoms with Crippen LogP contribution in [-0.4, -0.2) is 8.32 Å². The van der Waals surface area contributed by atoms with E-state index in [4.69, 9.17) is 9.69 Å². The van der Waals surface area contributed by atoms with Crippen molar-refractivity contribution in [2.24, 2.45) is 0 Å². The van der Waals surface area contributed by atoms with E-state index < -0.39 is 13.7 Å². The van der Waals surface area contributed by atoms with Crippen LogP contribution in [0.15, 0.2) is 24.3 Å². The van der Waals surface area contributed by atoms with E-state index in [0.29, 0.717) is 0 Å². The Bertz CT molecular complexity index is 475. The normalized spacial score (nSPS) is 12.9. The van der Waals surface area contributed by atoms with E-state index in [1.54, 1.807) is 0 Å². The number of nitriles is 1. The van der Waals surface area contributed by atoms with Gasteiger partial charge in [-0.15, -0.1) is 0 Å². The van der Waals surface area contributed by atoms with Crippen LogP contribution in [0.1, 0.15) is 40.2 Å². The van der Waals surface area contributed by atoms with Crippen LogP contribution in [0.25, 0.3) is 0 Å². The number of rotatable bonds is 3. The van der Waals surface area contributed by atoms with Crippen molar-refractivity contribution in [3.63, 3.8) is 0 Å². The van der Waals surface area contributed by atoms with Gasteiger partial charge in [0.25, 0.3) is 0 Å². The molecule has 0 radical (unpaired) electrons. The summed E-state index contributed by atoms with van der Waals surface area (Å²) in [7, 11) is -1.78. The van der Waals surface area contributed by atoms with Gasteiger partial charge in [-0.2, -0.15) is 5.26 Å². The van der Waals surface area contributed by atoms with Gasteiger partial charge in [0.1, 0.15) is 5.75 Å². The summed E-state index contributed by atoms with van der Waals surface area (Å²) in [5.74, 6) is 0.907. The molecule has 2 nitrogen and oxygen atoms in total. The number of hydrogen-bond donors (Lipinski definition) is 0. The standard InChI is InChI=1S/C16H25NOSi/c1-15(2,3)19(6,7)18-14-10-8-13(9-11-14)16(4,5)12-17/h8-11H,1-7H3. The average Bonchev–Trinajstić information content (AvgIpc) is 2.27. The molecular weight excluding hydrogens is 250 g/mol. The molecule has 3 heteroatoms. The van der Waals surface area contributed by atoms with Gasteiger partial charge >= 0.3 is 0 Å². The molecule has 104 valence electrons. The molecule has 0 aromatic heterocycles. The minimum Gasteiger partial charge on any atom is -0.544 e. The van der Waals surface area contributed by atoms with Crippen molar-refractivity contribution in [1.82, 2.24) is 0 Å². The zero-order chi connectivity index (χ0) is 14.9. The minimum absolute atomic E-state index is 0.192. The summed E-state index contributed by atoms with van der Waals surface area (Å²) >= 11 is 0. The number of hydrogen-bond acceptors (Lipinski definition) is 2. The average molecular weight is 275 g/mol. The monoisotopic (exact) mass is 275 g/mol. The lowest BCUT2D eigenvalue weighted by Gasteiger charge is -2.36. The first-order valence-electron chi connectivity index (χ1n) is 6.70. The molecule has 0 fully saturated rings. The van der Waals surface area contributed by atoms with Crippen molar-refractivity contribution in [2.45, 2.75) is 58.2 Å². The fourth-order valence-corrected chi connectivity index (χ4v) is 2.48. The van der Waals surface area contributed by atoms with E-state index in [0.717, 1.165) is 11.3 Å². The maximum atomic E-state index is 9.14. The fraction of sp³-hybridized carbons (Fsp3) is 0.562. The van der Waals surface area contributed by atoms with Crippen LogP contribution in [0.5, 0.6) is 5.75 Å². The molecule has 0 amide bonds. The molecule has 0 aliphatic carbocycles. The highest BCUT2D eigenvalue weighted by atomic mass is 28.4. The second-order valence-electron chi connectivity index (χ2n) is 7.12. The summed E-state index contributed by atoms with van der Waals surface area (Å²) in [6.07, 6.45) is 0. The van der Waals surface area contributed by atoms with Crippen molar-refractivity contribution in [2.75, 3.05) is 0 Å². The van der Waals surface area contributed by atoms with Crippen LogP contribution in [-0.2, 0) is 5.41 Å². The fourth-order valence-electron chi connectivity index (χ4n) is 1.45. The molecule has 1 aromatic carbocycles. The highest BCUT2D eigenvalue weighted by Crippen LogP contribution is 2.37. The first kappa shape index (κ1) is 15.8. The van der Waals surface area contributed by atoms with Gasteiger partial charge in [0.2, 0.25) is 8.32 Å². The Morgan fingerprint density at radius 2 is 1.47 bits per heavy atom. The molecule has 0 saturated heterocycles. The van der Waals surface area contributed by atoms with E-state index >= 15 is 0 Å². The van der Waals surface area contributed by atoms with Gasteiger partial charge in [0.15, 0.2) is 0 Å². The van der Waals surface area contributed by atoms with Gasteiger partial charge in [-0.1, -0.05) is 32.9 Å². The molecule has 0 unspecified atom stereocenters. The van der Waals surface area contributed by atoms with Gasteiger partial charge in [0, 0.05) is 0 Å². The smallest absolute Gasteiger partial charge is 0.250 e. The molecular formula is C16H25NOSi. The Balaban J connectivity index is 2.94. The van der Waals surface area contributed by atoms with Crippen LogP contribution < -0.4 is 4.43 Å². The molecule has 1 aromatic rings. The Labute approximate surface area is 118 Å². The highest BCUT2D eigenvalue weighted by Gasteiger charge is 2.38. The molecule has 0 heterocycles. The summed E-state index contributed by atoms with van der Waals surface area (Å²) < 4.78 is 6.22. The van der Waals surface area contributed by atoms with Crippen LogP contribution in [0.2, 0.25) is 18.1 Å². The second-order valence-corrected chi connectivity index (χ2v) is 11.8. The maximum Gasteiger partial charge on any atom is 0.250 e. The zero-order valence-corrected chi connectivity index (χ0v) is 14.2. The van der Waals surface area contributed by atoms with E-state index in [1.807, 2.05) is 38.1 Å². The first-order valence-corrected chi connectivity index (χ1v) is 9.61. The molecule has 0 aliphatic rings. The summed E-state index contributed by atoms with van der Waals surface area (Å²) in [5, 5.41) is 9.33. The summed E-state index contributed by atoms with van der Waals surface area (Å²) in [6, 6.07) is 10.3. The zero-order valence-electron chi connectivity index (χ0n) is 13.2. The van der Waals surface area contributed by atoms with Crippen LogP contribution in [0.3, 0.4) is 0 Å². The van der Waals surface area contributed by atoms with Crippen molar-refractivity contribution in [3.05, 3.63) is 29.8 Å². The lowest BCUT2D eigenvalue weighted by Crippen LogP contribution is -2.43. The largest absolute Gasteiger partial charge is 0.544 e. The third kappa shape index (κ3) is 3.60. The number of benzene rings is 1. The summed E-state index contributed by atoms with van der Waals surface area (Å²) in [6.45, 7) is 15.0. The van der Waals surface area contributed by atoms with E-state index in [-0.39, 0.29) is 5.04 Å². The van der Waals surface area contributed by atoms with E-state index in [2.05, 4.69) is 39.9 Å². The molecule has 1 rings (SSSR count). The van der Waals surface area contributed by atoms with Crippen molar-refractivity contribution in [1.29, 1.82) is 5.26 Å². The lowest BCUT2D eigenvalue weighted by atomic mass is 9.86.